The van der Waals surface area contributed by atoms with E-state index < -0.39 is 24.1 Å². The number of benzene rings is 1. The highest BCUT2D eigenvalue weighted by Crippen LogP contribution is 2.36. The van der Waals surface area contributed by atoms with Gasteiger partial charge in [-0.25, -0.2) is 4.39 Å². The molecule has 1 amide bonds. The summed E-state index contributed by atoms with van der Waals surface area (Å²) < 4.78 is 25.8. The molecule has 0 N–H and O–H groups in total. The fraction of sp³-hybridized carbons (Fsp3) is 0.562. The molecule has 0 saturated carbocycles. The van der Waals surface area contributed by atoms with E-state index in [2.05, 4.69) is 0 Å². The number of rotatable bonds is 3. The van der Waals surface area contributed by atoms with E-state index in [-0.39, 0.29) is 12.3 Å². The number of halogens is 1. The van der Waals surface area contributed by atoms with Crippen molar-refractivity contribution in [1.82, 2.24) is 4.90 Å². The zero-order valence-electron chi connectivity index (χ0n) is 14.1. The van der Waals surface area contributed by atoms with E-state index >= 15 is 0 Å². The molecule has 0 unspecified atom stereocenters. The van der Waals surface area contributed by atoms with Crippen LogP contribution < -0.4 is 5.46 Å². The van der Waals surface area contributed by atoms with Crippen LogP contribution in [0.3, 0.4) is 0 Å². The van der Waals surface area contributed by atoms with Crippen LogP contribution in [0.1, 0.15) is 33.3 Å². The third-order valence-corrected chi connectivity index (χ3v) is 4.44. The first-order valence-corrected chi connectivity index (χ1v) is 7.37. The summed E-state index contributed by atoms with van der Waals surface area (Å²) in [7, 11) is 2.75. The van der Waals surface area contributed by atoms with E-state index in [9.17, 15) is 9.18 Å². The van der Waals surface area contributed by atoms with Crippen molar-refractivity contribution in [2.45, 2.75) is 45.3 Å². The first kappa shape index (κ1) is 17.0. The first-order chi connectivity index (χ1) is 10.0. The molecule has 22 heavy (non-hydrogen) atoms. The quantitative estimate of drug-likeness (QED) is 0.799. The largest absolute Gasteiger partial charge is 0.494 e. The predicted molar refractivity (Wildman–Crippen MR) is 84.5 cm³/mol. The number of nitrogens with zero attached hydrogens (tertiary/aromatic N) is 1. The summed E-state index contributed by atoms with van der Waals surface area (Å²) in [5.41, 5.74) is 0.171. The number of carbonyl (C=O) groups excluding carboxylic acids is 1. The van der Waals surface area contributed by atoms with Gasteiger partial charge in [0, 0.05) is 14.1 Å². The van der Waals surface area contributed by atoms with Crippen molar-refractivity contribution in [3.63, 3.8) is 0 Å². The number of likely N-dealkylation sites (N-methyl/N-ethyl adjacent to an activating group) is 1. The highest BCUT2D eigenvalue weighted by molar-refractivity contribution is 6.62. The van der Waals surface area contributed by atoms with Crippen LogP contribution in [-0.2, 0) is 20.5 Å². The number of amides is 1. The molecule has 6 heteroatoms. The molecule has 1 aromatic carbocycles. The Labute approximate surface area is 131 Å². The zero-order valence-corrected chi connectivity index (χ0v) is 14.1. The number of carbonyl (C=O) groups is 1. The summed E-state index contributed by atoms with van der Waals surface area (Å²) >= 11 is 0. The highest BCUT2D eigenvalue weighted by Gasteiger charge is 2.51. The van der Waals surface area contributed by atoms with Crippen LogP contribution in [0.5, 0.6) is 0 Å². The van der Waals surface area contributed by atoms with Crippen molar-refractivity contribution in [1.29, 1.82) is 0 Å². The summed E-state index contributed by atoms with van der Waals surface area (Å²) in [6.07, 6.45) is 0.0200. The van der Waals surface area contributed by atoms with Crippen molar-refractivity contribution < 1.29 is 18.5 Å². The SMILES string of the molecule is CN(C)C(=O)Cc1cc(B2OC(C)(C)C(C)(C)O2)ccc1F. The molecule has 0 spiro atoms. The predicted octanol–water partition coefficient (Wildman–Crippen LogP) is 1.76. The van der Waals surface area contributed by atoms with E-state index in [4.69, 9.17) is 9.31 Å². The van der Waals surface area contributed by atoms with Gasteiger partial charge in [0.05, 0.1) is 17.6 Å². The molecule has 4 nitrogen and oxygen atoms in total. The van der Waals surface area contributed by atoms with Crippen molar-refractivity contribution in [2.24, 2.45) is 0 Å². The average Bonchev–Trinajstić information content (AvgIpc) is 2.60. The monoisotopic (exact) mass is 307 g/mol. The minimum atomic E-state index is -0.557. The summed E-state index contributed by atoms with van der Waals surface area (Å²) in [4.78, 5) is 13.2. The van der Waals surface area contributed by atoms with Crippen molar-refractivity contribution >= 4 is 18.5 Å². The number of hydrogen-bond donors (Lipinski definition) is 0. The molecule has 1 aromatic rings. The molecule has 1 aliphatic heterocycles. The van der Waals surface area contributed by atoms with Crippen LogP contribution in [0.15, 0.2) is 18.2 Å². The van der Waals surface area contributed by atoms with Gasteiger partial charge < -0.3 is 14.2 Å². The van der Waals surface area contributed by atoms with Gasteiger partial charge in [0.25, 0.3) is 0 Å². The van der Waals surface area contributed by atoms with Gasteiger partial charge in [-0.3, -0.25) is 4.79 Å². The molecule has 0 atom stereocenters. The lowest BCUT2D eigenvalue weighted by Crippen LogP contribution is -2.41. The van der Waals surface area contributed by atoms with Crippen molar-refractivity contribution in [3.05, 3.63) is 29.6 Å². The van der Waals surface area contributed by atoms with Gasteiger partial charge in [0.2, 0.25) is 5.91 Å². The molecule has 120 valence electrons. The molecule has 1 aliphatic rings. The lowest BCUT2D eigenvalue weighted by atomic mass is 9.78. The normalized spacial score (nSPS) is 19.3. The smallest absolute Gasteiger partial charge is 0.399 e. The van der Waals surface area contributed by atoms with Crippen LogP contribution >= 0.6 is 0 Å². The molecule has 0 bridgehead atoms. The average molecular weight is 307 g/mol. The minimum Gasteiger partial charge on any atom is -0.399 e. The lowest BCUT2D eigenvalue weighted by molar-refractivity contribution is -0.128. The van der Waals surface area contributed by atoms with Gasteiger partial charge in [-0.2, -0.15) is 0 Å². The van der Waals surface area contributed by atoms with Gasteiger partial charge in [-0.05, 0) is 44.8 Å². The van der Waals surface area contributed by atoms with Crippen LogP contribution in [0, 0.1) is 5.82 Å². The second-order valence-corrected chi connectivity index (χ2v) is 6.90. The van der Waals surface area contributed by atoms with Crippen LogP contribution in [0.2, 0.25) is 0 Å². The standard InChI is InChI=1S/C16H23BFNO3/c1-15(2)16(3,4)22-17(21-15)12-7-8-13(18)11(9-12)10-14(20)19(5)6/h7-9H,10H2,1-6H3. The molecule has 2 rings (SSSR count). The Morgan fingerprint density at radius 3 is 2.23 bits per heavy atom. The van der Waals surface area contributed by atoms with E-state index in [0.29, 0.717) is 5.56 Å². The maximum Gasteiger partial charge on any atom is 0.494 e. The maximum absolute atomic E-state index is 13.9. The third kappa shape index (κ3) is 3.18. The van der Waals surface area contributed by atoms with Crippen LogP contribution in [0.4, 0.5) is 4.39 Å². The van der Waals surface area contributed by atoms with Crippen molar-refractivity contribution in [2.75, 3.05) is 14.1 Å². The van der Waals surface area contributed by atoms with Gasteiger partial charge >= 0.3 is 7.12 Å². The second-order valence-electron chi connectivity index (χ2n) is 6.90. The topological polar surface area (TPSA) is 38.8 Å². The zero-order chi connectivity index (χ0) is 16.7. The summed E-state index contributed by atoms with van der Waals surface area (Å²) in [5.74, 6) is -0.541. The molecule has 0 aliphatic carbocycles. The van der Waals surface area contributed by atoms with E-state index in [1.54, 1.807) is 26.2 Å². The van der Waals surface area contributed by atoms with E-state index in [1.165, 1.54) is 11.0 Å². The van der Waals surface area contributed by atoms with Gasteiger partial charge in [0.15, 0.2) is 0 Å². The molecule has 0 radical (unpaired) electrons. The molecular formula is C16H23BFNO3. The van der Waals surface area contributed by atoms with E-state index in [0.717, 1.165) is 5.46 Å². The maximum atomic E-state index is 13.9. The summed E-state index contributed by atoms with van der Waals surface area (Å²) in [6.45, 7) is 7.86. The van der Waals surface area contributed by atoms with Gasteiger partial charge in [-0.15, -0.1) is 0 Å². The Hall–Kier alpha value is -1.40. The van der Waals surface area contributed by atoms with Crippen molar-refractivity contribution in [3.8, 4) is 0 Å². The molecule has 1 saturated heterocycles. The van der Waals surface area contributed by atoms with Crippen LogP contribution in [0.25, 0.3) is 0 Å². The Balaban J connectivity index is 2.26. The molecule has 1 heterocycles. The Morgan fingerprint density at radius 1 is 1.18 bits per heavy atom. The molecular weight excluding hydrogens is 284 g/mol. The molecule has 0 aromatic heterocycles. The summed E-state index contributed by atoms with van der Waals surface area (Å²) in [6, 6.07) is 4.65. The third-order valence-electron chi connectivity index (χ3n) is 4.44. The Morgan fingerprint density at radius 2 is 1.73 bits per heavy atom. The molecule has 1 fully saturated rings. The van der Waals surface area contributed by atoms with Gasteiger partial charge in [0.1, 0.15) is 5.82 Å². The fourth-order valence-corrected chi connectivity index (χ4v) is 2.18. The first-order valence-electron chi connectivity index (χ1n) is 7.37. The highest BCUT2D eigenvalue weighted by atomic mass is 19.1. The second kappa shape index (κ2) is 5.67. The minimum absolute atomic E-state index is 0.0200. The van der Waals surface area contributed by atoms with Crippen LogP contribution in [-0.4, -0.2) is 43.2 Å². The summed E-state index contributed by atoms with van der Waals surface area (Å²) in [5, 5.41) is 0. The lowest BCUT2D eigenvalue weighted by Gasteiger charge is -2.32. The Kier molecular flexibility index (Phi) is 4.37. The number of hydrogen-bond acceptors (Lipinski definition) is 3. The Bertz CT molecular complexity index is 571. The van der Waals surface area contributed by atoms with Gasteiger partial charge in [-0.1, -0.05) is 12.1 Å². The van der Waals surface area contributed by atoms with E-state index in [1.807, 2.05) is 27.7 Å². The fourth-order valence-electron chi connectivity index (χ4n) is 2.18.